The second-order valence-corrected chi connectivity index (χ2v) is 4.14. The van der Waals surface area contributed by atoms with E-state index in [1.54, 1.807) is 0 Å². The van der Waals surface area contributed by atoms with Crippen molar-refractivity contribution in [1.29, 1.82) is 0 Å². The summed E-state index contributed by atoms with van der Waals surface area (Å²) in [6.45, 7) is 0. The average molecular weight is 315 g/mol. The highest BCUT2D eigenvalue weighted by molar-refractivity contribution is 9.10. The van der Waals surface area contributed by atoms with Crippen molar-refractivity contribution in [2.24, 2.45) is 5.73 Å². The maximum atomic E-state index is 12.4. The Morgan fingerprint density at radius 1 is 1.44 bits per heavy atom. The smallest absolute Gasteiger partial charge is 0.416 e. The lowest BCUT2D eigenvalue weighted by atomic mass is 10.2. The Labute approximate surface area is 103 Å². The van der Waals surface area contributed by atoms with Gasteiger partial charge >= 0.3 is 6.18 Å². The van der Waals surface area contributed by atoms with Crippen molar-refractivity contribution in [2.75, 3.05) is 5.32 Å². The third kappa shape index (κ3) is 2.99. The number of aromatic hydroxyl groups is 1. The molecule has 0 fully saturated rings. The first-order valence-electron chi connectivity index (χ1n) is 3.88. The molecule has 0 saturated heterocycles. The number of phenolic OH excluding ortho intramolecular Hbond substituents is 1. The third-order valence-corrected chi connectivity index (χ3v) is 2.36. The number of nitrogens with two attached hydrogens (primary N) is 1. The van der Waals surface area contributed by atoms with Gasteiger partial charge < -0.3 is 16.2 Å². The average Bonchev–Trinajstić information content (AvgIpc) is 2.10. The van der Waals surface area contributed by atoms with Crippen LogP contribution >= 0.6 is 28.1 Å². The van der Waals surface area contributed by atoms with E-state index >= 15 is 0 Å². The van der Waals surface area contributed by atoms with Crippen molar-refractivity contribution in [3.63, 3.8) is 0 Å². The van der Waals surface area contributed by atoms with Crippen molar-refractivity contribution in [3.05, 3.63) is 22.2 Å². The molecule has 1 aromatic rings. The topological polar surface area (TPSA) is 58.3 Å². The zero-order chi connectivity index (χ0) is 12.5. The minimum absolute atomic E-state index is 0.0962. The summed E-state index contributed by atoms with van der Waals surface area (Å²) >= 11 is 7.28. The van der Waals surface area contributed by atoms with Gasteiger partial charge in [0.25, 0.3) is 0 Å². The van der Waals surface area contributed by atoms with Crippen LogP contribution in [0.3, 0.4) is 0 Å². The first-order valence-corrected chi connectivity index (χ1v) is 5.08. The molecule has 88 valence electrons. The van der Waals surface area contributed by atoms with E-state index in [1.165, 1.54) is 0 Å². The van der Waals surface area contributed by atoms with Gasteiger partial charge in [-0.3, -0.25) is 0 Å². The standard InChI is InChI=1S/C8H6BrF3N2OS/c9-4-1-3(8(10,11)12)2-5(6(4)15)14-7(13)16/h1-2,15H,(H3,13,14,16). The van der Waals surface area contributed by atoms with E-state index in [9.17, 15) is 18.3 Å². The Morgan fingerprint density at radius 3 is 2.44 bits per heavy atom. The van der Waals surface area contributed by atoms with Crippen LogP contribution in [0.5, 0.6) is 5.75 Å². The fourth-order valence-electron chi connectivity index (χ4n) is 0.991. The third-order valence-electron chi connectivity index (χ3n) is 1.65. The molecule has 0 unspecified atom stereocenters. The summed E-state index contributed by atoms with van der Waals surface area (Å²) in [6.07, 6.45) is -4.51. The lowest BCUT2D eigenvalue weighted by Crippen LogP contribution is -2.19. The number of thiocarbonyl (C=S) groups is 1. The van der Waals surface area contributed by atoms with Gasteiger partial charge in [-0.25, -0.2) is 0 Å². The van der Waals surface area contributed by atoms with Crippen LogP contribution < -0.4 is 11.1 Å². The van der Waals surface area contributed by atoms with Gasteiger partial charge in [0.1, 0.15) is 0 Å². The van der Waals surface area contributed by atoms with Gasteiger partial charge in [-0.15, -0.1) is 0 Å². The number of rotatable bonds is 1. The van der Waals surface area contributed by atoms with E-state index in [0.717, 1.165) is 12.1 Å². The molecule has 0 aliphatic rings. The molecule has 0 aliphatic carbocycles. The number of alkyl halides is 3. The van der Waals surface area contributed by atoms with Gasteiger partial charge in [0.2, 0.25) is 0 Å². The molecule has 4 N–H and O–H groups in total. The molecule has 0 amide bonds. The Morgan fingerprint density at radius 2 is 2.00 bits per heavy atom. The minimum atomic E-state index is -4.51. The maximum absolute atomic E-state index is 12.4. The largest absolute Gasteiger partial charge is 0.505 e. The Hall–Kier alpha value is -1.02. The second-order valence-electron chi connectivity index (χ2n) is 2.84. The van der Waals surface area contributed by atoms with Crippen molar-refractivity contribution < 1.29 is 18.3 Å². The van der Waals surface area contributed by atoms with Gasteiger partial charge in [0.05, 0.1) is 15.7 Å². The van der Waals surface area contributed by atoms with Gasteiger partial charge in [-0.05, 0) is 40.3 Å². The molecule has 0 saturated carbocycles. The highest BCUT2D eigenvalue weighted by Crippen LogP contribution is 2.39. The maximum Gasteiger partial charge on any atom is 0.416 e. The van der Waals surface area contributed by atoms with Crippen LogP contribution in [0.15, 0.2) is 16.6 Å². The van der Waals surface area contributed by atoms with Gasteiger partial charge in [-0.1, -0.05) is 0 Å². The van der Waals surface area contributed by atoms with Crippen molar-refractivity contribution in [1.82, 2.24) is 0 Å². The van der Waals surface area contributed by atoms with Crippen LogP contribution in [0.25, 0.3) is 0 Å². The lowest BCUT2D eigenvalue weighted by molar-refractivity contribution is -0.137. The number of anilines is 1. The van der Waals surface area contributed by atoms with Gasteiger partial charge in [0, 0.05) is 0 Å². The van der Waals surface area contributed by atoms with Crippen LogP contribution in [-0.4, -0.2) is 10.2 Å². The zero-order valence-corrected chi connectivity index (χ0v) is 10.0. The molecule has 1 rings (SSSR count). The molecule has 3 nitrogen and oxygen atoms in total. The molecule has 16 heavy (non-hydrogen) atoms. The van der Waals surface area contributed by atoms with Gasteiger partial charge in [-0.2, -0.15) is 13.2 Å². The first-order chi connectivity index (χ1) is 7.21. The summed E-state index contributed by atoms with van der Waals surface area (Å²) in [5.74, 6) is -0.388. The number of hydrogen-bond donors (Lipinski definition) is 3. The number of nitrogens with one attached hydrogen (secondary N) is 1. The Bertz CT molecular complexity index is 436. The summed E-state index contributed by atoms with van der Waals surface area (Å²) < 4.78 is 37.2. The molecule has 8 heteroatoms. The van der Waals surface area contributed by atoms with Crippen LogP contribution in [0.1, 0.15) is 5.56 Å². The molecule has 0 aliphatic heterocycles. The first kappa shape index (κ1) is 13.0. The number of phenols is 1. The molecule has 0 bridgehead atoms. The minimum Gasteiger partial charge on any atom is -0.505 e. The highest BCUT2D eigenvalue weighted by atomic mass is 79.9. The van der Waals surface area contributed by atoms with Crippen LogP contribution in [0, 0.1) is 0 Å². The molecule has 0 aromatic heterocycles. The summed E-state index contributed by atoms with van der Waals surface area (Å²) in [4.78, 5) is 0. The molecule has 0 radical (unpaired) electrons. The number of halogens is 4. The van der Waals surface area contributed by atoms with Crippen molar-refractivity contribution >= 4 is 38.9 Å². The summed E-state index contributed by atoms with van der Waals surface area (Å²) in [5.41, 5.74) is 3.99. The zero-order valence-electron chi connectivity index (χ0n) is 7.60. The predicted octanol–water partition coefficient (Wildman–Crippen LogP) is 2.83. The highest BCUT2D eigenvalue weighted by Gasteiger charge is 2.32. The van der Waals surface area contributed by atoms with Crippen molar-refractivity contribution in [2.45, 2.75) is 6.18 Å². The Balaban J connectivity index is 3.27. The molecule has 0 heterocycles. The lowest BCUT2D eigenvalue weighted by Gasteiger charge is -2.12. The fraction of sp³-hybridized carbons (Fsp3) is 0.125. The Kier molecular flexibility index (Phi) is 3.64. The van der Waals surface area contributed by atoms with Gasteiger partial charge in [0.15, 0.2) is 10.9 Å². The second kappa shape index (κ2) is 4.46. The number of hydrogen-bond acceptors (Lipinski definition) is 2. The van der Waals surface area contributed by atoms with E-state index in [-0.39, 0.29) is 21.0 Å². The van der Waals surface area contributed by atoms with Crippen LogP contribution in [0.4, 0.5) is 18.9 Å². The van der Waals surface area contributed by atoms with E-state index in [4.69, 9.17) is 5.73 Å². The summed E-state index contributed by atoms with van der Waals surface area (Å²) in [5, 5.41) is 11.5. The molecule has 0 atom stereocenters. The predicted molar refractivity (Wildman–Crippen MR) is 61.2 cm³/mol. The van der Waals surface area contributed by atoms with Crippen molar-refractivity contribution in [3.8, 4) is 5.75 Å². The van der Waals surface area contributed by atoms with E-state index < -0.39 is 11.7 Å². The van der Waals surface area contributed by atoms with Crippen LogP contribution in [0.2, 0.25) is 0 Å². The van der Waals surface area contributed by atoms with E-state index in [1.807, 2.05) is 0 Å². The molecule has 1 aromatic carbocycles. The number of benzene rings is 1. The molecular weight excluding hydrogens is 309 g/mol. The monoisotopic (exact) mass is 314 g/mol. The van der Waals surface area contributed by atoms with Crippen LogP contribution in [-0.2, 0) is 6.18 Å². The normalized spacial score (nSPS) is 11.2. The van der Waals surface area contributed by atoms with E-state index in [2.05, 4.69) is 33.5 Å². The summed E-state index contributed by atoms with van der Waals surface area (Å²) in [6, 6.07) is 1.49. The molecular formula is C8H6BrF3N2OS. The quantitative estimate of drug-likeness (QED) is 0.551. The summed E-state index contributed by atoms with van der Waals surface area (Å²) in [7, 11) is 0. The molecule has 0 spiro atoms. The SMILES string of the molecule is NC(=S)Nc1cc(C(F)(F)F)cc(Br)c1O. The van der Waals surface area contributed by atoms with E-state index in [0.29, 0.717) is 0 Å². The fourth-order valence-corrected chi connectivity index (χ4v) is 1.56.